The first-order chi connectivity index (χ1) is 12.1. The first kappa shape index (κ1) is 16.3. The average molecular weight is 357 g/mol. The summed E-state index contributed by atoms with van der Waals surface area (Å²) in [6, 6.07) is 10.9. The monoisotopic (exact) mass is 357 g/mol. The molecule has 0 unspecified atom stereocenters. The molecule has 25 heavy (non-hydrogen) atoms. The van der Waals surface area contributed by atoms with Gasteiger partial charge in [-0.05, 0) is 23.6 Å². The highest BCUT2D eigenvalue weighted by Crippen LogP contribution is 2.25. The van der Waals surface area contributed by atoms with E-state index < -0.39 is 0 Å². The number of piperazine rings is 1. The summed E-state index contributed by atoms with van der Waals surface area (Å²) in [5.74, 6) is -0.0821. The Morgan fingerprint density at radius 3 is 2.64 bits per heavy atom. The zero-order chi connectivity index (χ0) is 17.4. The largest absolute Gasteiger partial charge is 0.339 e. The summed E-state index contributed by atoms with van der Waals surface area (Å²) in [7, 11) is 1.94. The van der Waals surface area contributed by atoms with Gasteiger partial charge in [0.2, 0.25) is 0 Å². The molecule has 4 nitrogen and oxygen atoms in total. The van der Waals surface area contributed by atoms with Crippen molar-refractivity contribution in [1.29, 1.82) is 0 Å². The molecule has 0 N–H and O–H groups in total. The Hall–Kier alpha value is -2.18. The lowest BCUT2D eigenvalue weighted by atomic mass is 10.2. The summed E-state index contributed by atoms with van der Waals surface area (Å²) in [4.78, 5) is 16.9. The van der Waals surface area contributed by atoms with Crippen molar-refractivity contribution in [3.63, 3.8) is 0 Å². The lowest BCUT2D eigenvalue weighted by molar-refractivity contribution is 0.0618. The predicted octanol–water partition coefficient (Wildman–Crippen LogP) is 3.34. The van der Waals surface area contributed by atoms with Crippen LogP contribution >= 0.6 is 11.3 Å². The molecule has 1 amide bonds. The minimum absolute atomic E-state index is 0.0800. The Kier molecular flexibility index (Phi) is 4.31. The first-order valence-corrected chi connectivity index (χ1v) is 9.29. The molecular weight excluding hydrogens is 337 g/mol. The third-order valence-electron chi connectivity index (χ3n) is 4.89. The van der Waals surface area contributed by atoms with Crippen LogP contribution in [-0.2, 0) is 13.6 Å². The van der Waals surface area contributed by atoms with Gasteiger partial charge in [0.15, 0.2) is 0 Å². The molecule has 3 heterocycles. The molecule has 0 spiro atoms. The molecular formula is C19H20FN3OS. The van der Waals surface area contributed by atoms with E-state index in [4.69, 9.17) is 0 Å². The Morgan fingerprint density at radius 2 is 1.92 bits per heavy atom. The Bertz CT molecular complexity index is 908. The molecule has 2 aromatic heterocycles. The van der Waals surface area contributed by atoms with E-state index in [0.717, 1.165) is 29.0 Å². The number of fused-ring (bicyclic) bond motifs is 1. The topological polar surface area (TPSA) is 28.5 Å². The molecule has 6 heteroatoms. The smallest absolute Gasteiger partial charge is 0.270 e. The number of amides is 1. The van der Waals surface area contributed by atoms with Crippen molar-refractivity contribution >= 4 is 27.5 Å². The van der Waals surface area contributed by atoms with Gasteiger partial charge in [-0.2, -0.15) is 0 Å². The maximum absolute atomic E-state index is 13.8. The van der Waals surface area contributed by atoms with Crippen LogP contribution in [0.4, 0.5) is 4.39 Å². The van der Waals surface area contributed by atoms with E-state index in [1.807, 2.05) is 46.2 Å². The van der Waals surface area contributed by atoms with E-state index in [0.29, 0.717) is 25.2 Å². The van der Waals surface area contributed by atoms with Crippen LogP contribution in [0.25, 0.3) is 10.2 Å². The van der Waals surface area contributed by atoms with Crippen molar-refractivity contribution in [1.82, 2.24) is 14.4 Å². The predicted molar refractivity (Wildman–Crippen MR) is 98.4 cm³/mol. The van der Waals surface area contributed by atoms with Gasteiger partial charge < -0.3 is 9.47 Å². The molecule has 0 atom stereocenters. The van der Waals surface area contributed by atoms with E-state index in [9.17, 15) is 9.18 Å². The molecule has 3 aromatic rings. The fraction of sp³-hybridized carbons (Fsp3) is 0.316. The Morgan fingerprint density at radius 1 is 1.16 bits per heavy atom. The molecule has 1 aliphatic rings. The summed E-state index contributed by atoms with van der Waals surface area (Å²) in [5, 5.41) is 2.04. The number of aromatic nitrogens is 1. The second-order valence-corrected chi connectivity index (χ2v) is 7.37. The summed E-state index contributed by atoms with van der Waals surface area (Å²) in [5.41, 5.74) is 2.56. The van der Waals surface area contributed by atoms with Crippen LogP contribution in [0, 0.1) is 5.82 Å². The lowest BCUT2D eigenvalue weighted by Crippen LogP contribution is -2.48. The summed E-state index contributed by atoms with van der Waals surface area (Å²) < 4.78 is 16.9. The minimum atomic E-state index is -0.162. The van der Waals surface area contributed by atoms with Crippen molar-refractivity contribution in [3.05, 3.63) is 58.9 Å². The highest BCUT2D eigenvalue weighted by Gasteiger charge is 2.25. The van der Waals surface area contributed by atoms with Crippen molar-refractivity contribution in [2.45, 2.75) is 6.54 Å². The fourth-order valence-electron chi connectivity index (χ4n) is 3.39. The van der Waals surface area contributed by atoms with E-state index in [1.165, 1.54) is 6.07 Å². The van der Waals surface area contributed by atoms with Gasteiger partial charge in [0.05, 0.1) is 10.2 Å². The summed E-state index contributed by atoms with van der Waals surface area (Å²) >= 11 is 1.65. The van der Waals surface area contributed by atoms with E-state index in [1.54, 1.807) is 17.4 Å². The Balaban J connectivity index is 1.41. The van der Waals surface area contributed by atoms with Gasteiger partial charge in [0.25, 0.3) is 5.91 Å². The number of carbonyl (C=O) groups excluding carboxylic acids is 1. The zero-order valence-electron chi connectivity index (χ0n) is 14.1. The maximum Gasteiger partial charge on any atom is 0.270 e. The minimum Gasteiger partial charge on any atom is -0.339 e. The van der Waals surface area contributed by atoms with E-state index in [-0.39, 0.29) is 11.7 Å². The number of hydrogen-bond acceptors (Lipinski definition) is 3. The molecule has 0 bridgehead atoms. The van der Waals surface area contributed by atoms with E-state index >= 15 is 0 Å². The van der Waals surface area contributed by atoms with Gasteiger partial charge in [-0.25, -0.2) is 4.39 Å². The molecule has 4 rings (SSSR count). The van der Waals surface area contributed by atoms with Crippen LogP contribution in [-0.4, -0.2) is 46.5 Å². The van der Waals surface area contributed by atoms with Crippen LogP contribution in [0.15, 0.2) is 41.8 Å². The van der Waals surface area contributed by atoms with Crippen LogP contribution in [0.1, 0.15) is 16.1 Å². The molecule has 1 aliphatic heterocycles. The molecule has 1 saturated heterocycles. The second-order valence-electron chi connectivity index (χ2n) is 6.42. The number of carbonyl (C=O) groups is 1. The molecule has 1 fully saturated rings. The summed E-state index contributed by atoms with van der Waals surface area (Å²) in [6.07, 6.45) is 0. The van der Waals surface area contributed by atoms with Crippen LogP contribution in [0.3, 0.4) is 0 Å². The normalized spacial score (nSPS) is 15.8. The number of rotatable bonds is 3. The third kappa shape index (κ3) is 3.07. The molecule has 1 aromatic carbocycles. The van der Waals surface area contributed by atoms with Gasteiger partial charge in [0.1, 0.15) is 11.5 Å². The quantitative estimate of drug-likeness (QED) is 0.719. The van der Waals surface area contributed by atoms with Gasteiger partial charge >= 0.3 is 0 Å². The highest BCUT2D eigenvalue weighted by molar-refractivity contribution is 7.17. The molecule has 130 valence electrons. The number of nitrogens with zero attached hydrogens (tertiary/aromatic N) is 3. The van der Waals surface area contributed by atoms with Crippen molar-refractivity contribution in [2.24, 2.45) is 7.05 Å². The lowest BCUT2D eigenvalue weighted by Gasteiger charge is -2.34. The number of aryl methyl sites for hydroxylation is 1. The SMILES string of the molecule is Cn1c(C(=O)N2CCN(Cc3ccccc3F)CC2)cc2sccc21. The molecule has 0 aliphatic carbocycles. The number of halogens is 1. The van der Waals surface area contributed by atoms with Crippen LogP contribution in [0.2, 0.25) is 0 Å². The van der Waals surface area contributed by atoms with Crippen LogP contribution in [0.5, 0.6) is 0 Å². The van der Waals surface area contributed by atoms with Crippen molar-refractivity contribution < 1.29 is 9.18 Å². The Labute approximate surface area is 150 Å². The number of hydrogen-bond donors (Lipinski definition) is 0. The maximum atomic E-state index is 13.8. The number of thiophene rings is 1. The summed E-state index contributed by atoms with van der Waals surface area (Å²) in [6.45, 7) is 3.46. The van der Waals surface area contributed by atoms with Crippen molar-refractivity contribution in [2.75, 3.05) is 26.2 Å². The van der Waals surface area contributed by atoms with E-state index in [2.05, 4.69) is 4.90 Å². The highest BCUT2D eigenvalue weighted by atomic mass is 32.1. The molecule has 0 radical (unpaired) electrons. The average Bonchev–Trinajstić information content (AvgIpc) is 3.20. The van der Waals surface area contributed by atoms with Gasteiger partial charge in [-0.15, -0.1) is 11.3 Å². The molecule has 0 saturated carbocycles. The van der Waals surface area contributed by atoms with Gasteiger partial charge in [0, 0.05) is 45.3 Å². The standard InChI is InChI=1S/C19H20FN3OS/c1-21-16-6-11-25-18(16)12-17(21)19(24)23-9-7-22(8-10-23)13-14-4-2-3-5-15(14)20/h2-6,11-12H,7-10,13H2,1H3. The number of benzene rings is 1. The zero-order valence-corrected chi connectivity index (χ0v) is 14.9. The van der Waals surface area contributed by atoms with Crippen molar-refractivity contribution in [3.8, 4) is 0 Å². The fourth-order valence-corrected chi connectivity index (χ4v) is 4.24. The van der Waals surface area contributed by atoms with Crippen LogP contribution < -0.4 is 0 Å². The van der Waals surface area contributed by atoms with Gasteiger partial charge in [-0.1, -0.05) is 18.2 Å². The third-order valence-corrected chi connectivity index (χ3v) is 5.75. The second kappa shape index (κ2) is 6.61. The van der Waals surface area contributed by atoms with Gasteiger partial charge in [-0.3, -0.25) is 9.69 Å². The first-order valence-electron chi connectivity index (χ1n) is 8.41.